The fraction of sp³-hybridized carbons (Fsp3) is 0.600. The van der Waals surface area contributed by atoms with Gasteiger partial charge in [0.2, 0.25) is 0 Å². The van der Waals surface area contributed by atoms with E-state index in [2.05, 4.69) is 36.7 Å². The second kappa shape index (κ2) is 5.99. The smallest absolute Gasteiger partial charge is 0.123 e. The molecule has 1 aromatic rings. The second-order valence-corrected chi connectivity index (χ2v) is 6.90. The van der Waals surface area contributed by atoms with Gasteiger partial charge in [-0.3, -0.25) is 0 Å². The second-order valence-electron chi connectivity index (χ2n) is 5.80. The van der Waals surface area contributed by atoms with E-state index in [1.165, 1.54) is 5.56 Å². The maximum atomic E-state index is 12.9. The van der Waals surface area contributed by atoms with E-state index in [1.54, 1.807) is 12.1 Å². The third kappa shape index (κ3) is 4.79. The zero-order valence-corrected chi connectivity index (χ0v) is 12.8. The molecule has 0 saturated heterocycles. The Morgan fingerprint density at radius 2 is 1.94 bits per heavy atom. The highest BCUT2D eigenvalue weighted by atomic mass is 79.9. The van der Waals surface area contributed by atoms with Crippen molar-refractivity contribution in [2.45, 2.75) is 51.8 Å². The Morgan fingerprint density at radius 3 is 2.47 bits per heavy atom. The molecule has 1 rings (SSSR count). The van der Waals surface area contributed by atoms with E-state index < -0.39 is 0 Å². The Labute approximate surface area is 113 Å². The zero-order valence-electron chi connectivity index (χ0n) is 11.2. The fourth-order valence-corrected chi connectivity index (χ4v) is 2.17. The zero-order chi connectivity index (χ0) is 13.1. The SMILES string of the molecule is Cc1cc(F)ccc1CCCC(Br)C(C)(C)C. The van der Waals surface area contributed by atoms with Crippen LogP contribution in [-0.4, -0.2) is 4.83 Å². The Morgan fingerprint density at radius 1 is 1.29 bits per heavy atom. The first-order valence-electron chi connectivity index (χ1n) is 6.20. The monoisotopic (exact) mass is 300 g/mol. The number of benzene rings is 1. The van der Waals surface area contributed by atoms with E-state index >= 15 is 0 Å². The Bertz CT molecular complexity index is 366. The van der Waals surface area contributed by atoms with E-state index in [1.807, 2.05) is 13.0 Å². The molecule has 0 N–H and O–H groups in total. The molecule has 96 valence electrons. The summed E-state index contributed by atoms with van der Waals surface area (Å²) in [5.41, 5.74) is 2.63. The van der Waals surface area contributed by atoms with Gasteiger partial charge in [0, 0.05) is 4.83 Å². The summed E-state index contributed by atoms with van der Waals surface area (Å²) in [5, 5.41) is 0. The summed E-state index contributed by atoms with van der Waals surface area (Å²) in [6, 6.07) is 5.08. The van der Waals surface area contributed by atoms with Crippen molar-refractivity contribution in [1.82, 2.24) is 0 Å². The van der Waals surface area contributed by atoms with Crippen LogP contribution in [0.3, 0.4) is 0 Å². The lowest BCUT2D eigenvalue weighted by Crippen LogP contribution is -2.20. The summed E-state index contributed by atoms with van der Waals surface area (Å²) in [6.07, 6.45) is 3.32. The van der Waals surface area contributed by atoms with Crippen LogP contribution in [0.4, 0.5) is 4.39 Å². The standard InChI is InChI=1S/C15H22BrF/c1-11-10-13(17)9-8-12(11)6-5-7-14(16)15(2,3)4/h8-10,14H,5-7H2,1-4H3. The molecule has 0 fully saturated rings. The number of alkyl halides is 1. The topological polar surface area (TPSA) is 0 Å². The van der Waals surface area contributed by atoms with E-state index in [0.29, 0.717) is 10.2 Å². The summed E-state index contributed by atoms with van der Waals surface area (Å²) in [5.74, 6) is -0.140. The molecule has 1 unspecified atom stereocenters. The van der Waals surface area contributed by atoms with Crippen LogP contribution in [0.15, 0.2) is 18.2 Å². The molecule has 17 heavy (non-hydrogen) atoms. The van der Waals surface area contributed by atoms with Crippen molar-refractivity contribution in [2.24, 2.45) is 5.41 Å². The van der Waals surface area contributed by atoms with Crippen molar-refractivity contribution in [3.63, 3.8) is 0 Å². The summed E-state index contributed by atoms with van der Waals surface area (Å²) in [4.78, 5) is 0.538. The van der Waals surface area contributed by atoms with Crippen LogP contribution in [0.5, 0.6) is 0 Å². The van der Waals surface area contributed by atoms with Gasteiger partial charge in [-0.15, -0.1) is 0 Å². The van der Waals surface area contributed by atoms with Gasteiger partial charge in [0.15, 0.2) is 0 Å². The van der Waals surface area contributed by atoms with Crippen LogP contribution in [0.25, 0.3) is 0 Å². The first kappa shape index (κ1) is 14.7. The molecule has 0 aliphatic rings. The summed E-state index contributed by atoms with van der Waals surface area (Å²) >= 11 is 3.74. The number of hydrogen-bond acceptors (Lipinski definition) is 0. The molecule has 1 aromatic carbocycles. The van der Waals surface area contributed by atoms with Crippen LogP contribution in [0, 0.1) is 18.2 Å². The van der Waals surface area contributed by atoms with Crippen LogP contribution in [0.2, 0.25) is 0 Å². The van der Waals surface area contributed by atoms with Gasteiger partial charge in [-0.05, 0) is 54.9 Å². The molecule has 0 amide bonds. The number of aryl methyl sites for hydroxylation is 2. The van der Waals surface area contributed by atoms with E-state index in [9.17, 15) is 4.39 Å². The first-order valence-corrected chi connectivity index (χ1v) is 7.11. The molecule has 0 aliphatic heterocycles. The lowest BCUT2D eigenvalue weighted by Gasteiger charge is -2.25. The van der Waals surface area contributed by atoms with Crippen molar-refractivity contribution >= 4 is 15.9 Å². The Hall–Kier alpha value is -0.370. The summed E-state index contributed by atoms with van der Waals surface area (Å²) < 4.78 is 12.9. The minimum atomic E-state index is -0.140. The first-order chi connectivity index (χ1) is 7.80. The van der Waals surface area contributed by atoms with Crippen molar-refractivity contribution in [2.75, 3.05) is 0 Å². The number of rotatable bonds is 4. The molecule has 0 nitrogen and oxygen atoms in total. The average molecular weight is 301 g/mol. The molecule has 0 bridgehead atoms. The minimum Gasteiger partial charge on any atom is -0.207 e. The largest absolute Gasteiger partial charge is 0.207 e. The summed E-state index contributed by atoms with van der Waals surface area (Å²) in [7, 11) is 0. The number of halogens is 2. The van der Waals surface area contributed by atoms with Crippen LogP contribution in [0.1, 0.15) is 44.7 Å². The van der Waals surface area contributed by atoms with E-state index in [0.717, 1.165) is 24.8 Å². The Kier molecular flexibility index (Phi) is 5.18. The molecule has 0 saturated carbocycles. The molecular weight excluding hydrogens is 279 g/mol. The van der Waals surface area contributed by atoms with E-state index in [-0.39, 0.29) is 5.82 Å². The molecule has 0 radical (unpaired) electrons. The van der Waals surface area contributed by atoms with Gasteiger partial charge in [-0.1, -0.05) is 42.8 Å². The van der Waals surface area contributed by atoms with Crippen molar-refractivity contribution in [3.8, 4) is 0 Å². The fourth-order valence-electron chi connectivity index (χ4n) is 1.84. The molecule has 0 heterocycles. The third-order valence-electron chi connectivity index (χ3n) is 3.15. The molecule has 0 aromatic heterocycles. The molecule has 0 aliphatic carbocycles. The van der Waals surface area contributed by atoms with Gasteiger partial charge in [0.05, 0.1) is 0 Å². The lowest BCUT2D eigenvalue weighted by atomic mass is 9.88. The minimum absolute atomic E-state index is 0.140. The van der Waals surface area contributed by atoms with Gasteiger partial charge in [0.25, 0.3) is 0 Å². The normalized spacial score (nSPS) is 13.8. The van der Waals surface area contributed by atoms with Crippen molar-refractivity contribution < 1.29 is 4.39 Å². The highest BCUT2D eigenvalue weighted by Gasteiger charge is 2.20. The lowest BCUT2D eigenvalue weighted by molar-refractivity contribution is 0.380. The van der Waals surface area contributed by atoms with Gasteiger partial charge in [0.1, 0.15) is 5.82 Å². The van der Waals surface area contributed by atoms with Gasteiger partial charge in [-0.25, -0.2) is 4.39 Å². The van der Waals surface area contributed by atoms with Crippen molar-refractivity contribution in [1.29, 1.82) is 0 Å². The predicted molar refractivity (Wildman–Crippen MR) is 76.2 cm³/mol. The Balaban J connectivity index is 2.46. The molecule has 0 spiro atoms. The maximum Gasteiger partial charge on any atom is 0.123 e. The van der Waals surface area contributed by atoms with Crippen LogP contribution < -0.4 is 0 Å². The summed E-state index contributed by atoms with van der Waals surface area (Å²) in [6.45, 7) is 8.72. The van der Waals surface area contributed by atoms with Gasteiger partial charge < -0.3 is 0 Å². The van der Waals surface area contributed by atoms with Crippen LogP contribution in [-0.2, 0) is 6.42 Å². The maximum absolute atomic E-state index is 12.9. The molecule has 2 heteroatoms. The average Bonchev–Trinajstić information content (AvgIpc) is 2.19. The quantitative estimate of drug-likeness (QED) is 0.665. The van der Waals surface area contributed by atoms with Crippen molar-refractivity contribution in [3.05, 3.63) is 35.1 Å². The molecule has 1 atom stereocenters. The highest BCUT2D eigenvalue weighted by molar-refractivity contribution is 9.09. The highest BCUT2D eigenvalue weighted by Crippen LogP contribution is 2.30. The van der Waals surface area contributed by atoms with Gasteiger partial charge in [-0.2, -0.15) is 0 Å². The van der Waals surface area contributed by atoms with E-state index in [4.69, 9.17) is 0 Å². The predicted octanol–water partition coefficient (Wildman–Crippen LogP) is 5.27. The third-order valence-corrected chi connectivity index (χ3v) is 4.98. The molecular formula is C15H22BrF. The van der Waals surface area contributed by atoms with Crippen LogP contribution >= 0.6 is 15.9 Å². The number of hydrogen-bond donors (Lipinski definition) is 0. The van der Waals surface area contributed by atoms with Gasteiger partial charge >= 0.3 is 0 Å².